The summed E-state index contributed by atoms with van der Waals surface area (Å²) in [5.74, 6) is 0.945. The standard InChI is InChI=1S/C18H19Cl2N4O3P/c19-14-4-3-13-15(24-7-5-21-11-24)8-16(22-18(13)17(14)20)23-6-1-2-12(9-23)10-27-28(25)26/h3-5,7-8,11-12,28H,1-2,6,9-10H2,(H,25,26). The Labute approximate surface area is 172 Å². The van der Waals surface area contributed by atoms with Crippen molar-refractivity contribution in [1.29, 1.82) is 0 Å². The van der Waals surface area contributed by atoms with Crippen LogP contribution in [0.3, 0.4) is 0 Å². The summed E-state index contributed by atoms with van der Waals surface area (Å²) >= 11 is 12.7. The van der Waals surface area contributed by atoms with E-state index in [9.17, 15) is 4.57 Å². The van der Waals surface area contributed by atoms with Gasteiger partial charge in [0, 0.05) is 42.9 Å². The summed E-state index contributed by atoms with van der Waals surface area (Å²) in [5, 5.41) is 1.75. The molecular formula is C18H19Cl2N4O3P. The van der Waals surface area contributed by atoms with Gasteiger partial charge in [-0.15, -0.1) is 0 Å². The molecule has 7 nitrogen and oxygen atoms in total. The molecule has 3 heterocycles. The van der Waals surface area contributed by atoms with E-state index in [1.807, 2.05) is 22.9 Å². The smallest absolute Gasteiger partial charge is 0.316 e. The molecule has 3 aromatic rings. The number of nitrogens with zero attached hydrogens (tertiary/aromatic N) is 4. The van der Waals surface area contributed by atoms with Crippen LogP contribution < -0.4 is 4.90 Å². The lowest BCUT2D eigenvalue weighted by Crippen LogP contribution is -2.37. The van der Waals surface area contributed by atoms with Crippen LogP contribution in [0, 0.1) is 5.92 Å². The Hall–Kier alpha value is -1.63. The van der Waals surface area contributed by atoms with Crippen LogP contribution in [-0.4, -0.2) is 39.1 Å². The maximum atomic E-state index is 10.9. The Bertz CT molecular complexity index is 1020. The van der Waals surface area contributed by atoms with Crippen LogP contribution in [0.5, 0.6) is 0 Å². The first kappa shape index (κ1) is 19.7. The highest BCUT2D eigenvalue weighted by Crippen LogP contribution is 2.35. The molecule has 10 heteroatoms. The third-order valence-corrected chi connectivity index (χ3v) is 6.11. The van der Waals surface area contributed by atoms with E-state index in [0.29, 0.717) is 22.1 Å². The van der Waals surface area contributed by atoms with Crippen LogP contribution in [0.25, 0.3) is 16.6 Å². The van der Waals surface area contributed by atoms with Gasteiger partial charge in [-0.05, 0) is 25.0 Å². The second-order valence-corrected chi connectivity index (χ2v) is 8.36. The fraction of sp³-hybridized carbons (Fsp3) is 0.333. The SMILES string of the molecule is O=[PH](O)OCC1CCCN(c2cc(-n3ccnc3)c3ccc(Cl)c(Cl)c3n2)C1. The molecule has 1 N–H and O–H groups in total. The predicted molar refractivity (Wildman–Crippen MR) is 111 cm³/mol. The van der Waals surface area contributed by atoms with E-state index in [1.165, 1.54) is 0 Å². The molecule has 28 heavy (non-hydrogen) atoms. The van der Waals surface area contributed by atoms with Gasteiger partial charge in [-0.25, -0.2) is 9.97 Å². The van der Waals surface area contributed by atoms with Gasteiger partial charge in [-0.3, -0.25) is 4.57 Å². The number of rotatable bonds is 5. The van der Waals surface area contributed by atoms with Crippen LogP contribution in [0.15, 0.2) is 36.9 Å². The predicted octanol–water partition coefficient (Wildman–Crippen LogP) is 4.34. The fourth-order valence-corrected chi connectivity index (χ4v) is 4.32. The molecule has 0 saturated carbocycles. The first-order chi connectivity index (χ1) is 13.5. The topological polar surface area (TPSA) is 80.5 Å². The minimum absolute atomic E-state index is 0.166. The van der Waals surface area contributed by atoms with Gasteiger partial charge in [0.25, 0.3) is 0 Å². The molecule has 0 amide bonds. The summed E-state index contributed by atoms with van der Waals surface area (Å²) in [7, 11) is -2.92. The van der Waals surface area contributed by atoms with Crippen molar-refractivity contribution >= 4 is 48.2 Å². The molecule has 1 aliphatic rings. The van der Waals surface area contributed by atoms with Crippen molar-refractivity contribution in [1.82, 2.24) is 14.5 Å². The number of piperidine rings is 1. The minimum atomic E-state index is -2.92. The van der Waals surface area contributed by atoms with Gasteiger partial charge in [-0.2, -0.15) is 0 Å². The van der Waals surface area contributed by atoms with E-state index >= 15 is 0 Å². The normalized spacial score (nSPS) is 18.5. The number of hydrogen-bond donors (Lipinski definition) is 1. The van der Waals surface area contributed by atoms with Gasteiger partial charge in [0.2, 0.25) is 0 Å². The number of benzene rings is 1. The lowest BCUT2D eigenvalue weighted by molar-refractivity contribution is 0.215. The number of aromatic nitrogens is 3. The Morgan fingerprint density at radius 1 is 1.36 bits per heavy atom. The van der Waals surface area contributed by atoms with Crippen molar-refractivity contribution in [2.75, 3.05) is 24.6 Å². The lowest BCUT2D eigenvalue weighted by atomic mass is 9.99. The summed E-state index contributed by atoms with van der Waals surface area (Å²) in [5.41, 5.74) is 1.55. The van der Waals surface area contributed by atoms with Gasteiger partial charge >= 0.3 is 8.25 Å². The number of hydrogen-bond acceptors (Lipinski definition) is 5. The molecule has 1 aromatic carbocycles. The van der Waals surface area contributed by atoms with Gasteiger partial charge in [0.15, 0.2) is 0 Å². The largest absolute Gasteiger partial charge is 0.356 e. The van der Waals surface area contributed by atoms with Gasteiger partial charge in [0.05, 0.1) is 34.2 Å². The van der Waals surface area contributed by atoms with Crippen LogP contribution in [0.1, 0.15) is 12.8 Å². The van der Waals surface area contributed by atoms with Crippen molar-refractivity contribution in [3.05, 3.63) is 47.0 Å². The Kier molecular flexibility index (Phi) is 5.90. The molecule has 0 bridgehead atoms. The van der Waals surface area contributed by atoms with Gasteiger partial charge in [-0.1, -0.05) is 23.2 Å². The van der Waals surface area contributed by atoms with Crippen molar-refractivity contribution in [3.63, 3.8) is 0 Å². The highest BCUT2D eigenvalue weighted by molar-refractivity contribution is 7.32. The zero-order valence-corrected chi connectivity index (χ0v) is 17.4. The van der Waals surface area contributed by atoms with Crippen molar-refractivity contribution < 1.29 is 14.0 Å². The van der Waals surface area contributed by atoms with Crippen molar-refractivity contribution in [3.8, 4) is 5.69 Å². The lowest BCUT2D eigenvalue weighted by Gasteiger charge is -2.33. The van der Waals surface area contributed by atoms with Crippen LogP contribution in [-0.2, 0) is 9.09 Å². The quantitative estimate of drug-likeness (QED) is 0.594. The van der Waals surface area contributed by atoms with E-state index in [-0.39, 0.29) is 12.5 Å². The molecule has 1 fully saturated rings. The maximum absolute atomic E-state index is 10.9. The molecular weight excluding hydrogens is 422 g/mol. The first-order valence-electron chi connectivity index (χ1n) is 8.90. The molecule has 0 spiro atoms. The number of anilines is 1. The van der Waals surface area contributed by atoms with E-state index < -0.39 is 8.25 Å². The molecule has 1 saturated heterocycles. The highest BCUT2D eigenvalue weighted by Gasteiger charge is 2.23. The third-order valence-electron chi connectivity index (χ3n) is 4.91. The fourth-order valence-electron chi connectivity index (χ4n) is 3.58. The monoisotopic (exact) mass is 440 g/mol. The average Bonchev–Trinajstić information content (AvgIpc) is 3.23. The molecule has 2 aromatic heterocycles. The molecule has 148 valence electrons. The summed E-state index contributed by atoms with van der Waals surface area (Å²) in [4.78, 5) is 20.0. The number of halogens is 2. The van der Waals surface area contributed by atoms with E-state index in [4.69, 9.17) is 37.6 Å². The second-order valence-electron chi connectivity index (χ2n) is 6.76. The Morgan fingerprint density at radius 3 is 2.96 bits per heavy atom. The van der Waals surface area contributed by atoms with Crippen molar-refractivity contribution in [2.24, 2.45) is 5.92 Å². The van der Waals surface area contributed by atoms with Crippen LogP contribution >= 0.6 is 31.5 Å². The van der Waals surface area contributed by atoms with Crippen molar-refractivity contribution in [2.45, 2.75) is 12.8 Å². The van der Waals surface area contributed by atoms with Crippen LogP contribution in [0.2, 0.25) is 10.0 Å². The number of pyridine rings is 1. The summed E-state index contributed by atoms with van der Waals surface area (Å²) < 4.78 is 17.8. The minimum Gasteiger partial charge on any atom is -0.356 e. The second kappa shape index (κ2) is 8.39. The molecule has 2 unspecified atom stereocenters. The van der Waals surface area contributed by atoms with E-state index in [0.717, 1.165) is 36.3 Å². The molecule has 0 aliphatic carbocycles. The van der Waals surface area contributed by atoms with Crippen LogP contribution in [0.4, 0.5) is 5.82 Å². The summed E-state index contributed by atoms with van der Waals surface area (Å²) in [6, 6.07) is 5.67. The Morgan fingerprint density at radius 2 is 2.21 bits per heavy atom. The maximum Gasteiger partial charge on any atom is 0.316 e. The molecule has 0 radical (unpaired) electrons. The molecule has 2 atom stereocenters. The van der Waals surface area contributed by atoms with E-state index in [2.05, 4.69) is 9.88 Å². The molecule has 1 aliphatic heterocycles. The first-order valence-corrected chi connectivity index (χ1v) is 10.9. The third kappa shape index (κ3) is 4.04. The summed E-state index contributed by atoms with van der Waals surface area (Å²) in [6.07, 6.45) is 7.21. The highest BCUT2D eigenvalue weighted by atomic mass is 35.5. The van der Waals surface area contributed by atoms with E-state index in [1.54, 1.807) is 18.6 Å². The number of fused-ring (bicyclic) bond motifs is 1. The molecule has 4 rings (SSSR count). The van der Waals surface area contributed by atoms with Gasteiger partial charge in [0.1, 0.15) is 5.82 Å². The summed E-state index contributed by atoms with van der Waals surface area (Å²) in [6.45, 7) is 1.79. The zero-order valence-electron chi connectivity index (χ0n) is 14.9. The average molecular weight is 441 g/mol. The Balaban J connectivity index is 1.75. The van der Waals surface area contributed by atoms with Gasteiger partial charge < -0.3 is 18.9 Å². The zero-order chi connectivity index (χ0) is 19.7. The number of imidazole rings is 1.